The molecule has 0 saturated heterocycles. The van der Waals surface area contributed by atoms with Crippen LogP contribution in [0, 0.1) is 10.1 Å². The molecule has 0 spiro atoms. The van der Waals surface area contributed by atoms with Gasteiger partial charge in [-0.2, -0.15) is 0 Å². The normalized spacial score (nSPS) is 10.0. The maximum absolute atomic E-state index is 10.6. The van der Waals surface area contributed by atoms with E-state index in [0.29, 0.717) is 17.2 Å². The summed E-state index contributed by atoms with van der Waals surface area (Å²) < 4.78 is 11.0. The third-order valence-electron chi connectivity index (χ3n) is 2.82. The van der Waals surface area contributed by atoms with Crippen LogP contribution in [0.5, 0.6) is 17.2 Å². The molecule has 21 heavy (non-hydrogen) atoms. The molecule has 0 aliphatic heterocycles. The molecule has 0 unspecified atom stereocenters. The molecular formula is C15H16N2O4. The lowest BCUT2D eigenvalue weighted by molar-refractivity contribution is -0.384. The average Bonchev–Trinajstić information content (AvgIpc) is 2.48. The zero-order chi connectivity index (χ0) is 15.2. The van der Waals surface area contributed by atoms with Crippen LogP contribution in [-0.2, 0) is 0 Å². The minimum absolute atomic E-state index is 0.0238. The number of ether oxygens (including phenoxy) is 2. The summed E-state index contributed by atoms with van der Waals surface area (Å²) in [5, 5.41) is 13.8. The number of anilines is 1. The fraction of sp³-hybridized carbons (Fsp3) is 0.200. The van der Waals surface area contributed by atoms with E-state index in [2.05, 4.69) is 5.32 Å². The van der Waals surface area contributed by atoms with E-state index in [1.54, 1.807) is 25.3 Å². The Bertz CT molecular complexity index is 626. The molecule has 6 heteroatoms. The number of rotatable bonds is 6. The van der Waals surface area contributed by atoms with E-state index in [1.165, 1.54) is 12.1 Å². The number of methoxy groups -OCH3 is 1. The van der Waals surface area contributed by atoms with Gasteiger partial charge in [0, 0.05) is 30.4 Å². The van der Waals surface area contributed by atoms with Crippen molar-refractivity contribution in [2.45, 2.75) is 6.92 Å². The van der Waals surface area contributed by atoms with Gasteiger partial charge in [0.2, 0.25) is 0 Å². The summed E-state index contributed by atoms with van der Waals surface area (Å²) in [6.45, 7) is 2.80. The lowest BCUT2D eigenvalue weighted by Gasteiger charge is -2.12. The second-order valence-electron chi connectivity index (χ2n) is 4.25. The van der Waals surface area contributed by atoms with E-state index < -0.39 is 4.92 Å². The number of benzene rings is 2. The lowest BCUT2D eigenvalue weighted by Crippen LogP contribution is -1.98. The largest absolute Gasteiger partial charge is 0.493 e. The maximum atomic E-state index is 10.6. The first kappa shape index (κ1) is 14.6. The van der Waals surface area contributed by atoms with Crippen LogP contribution in [0.15, 0.2) is 42.5 Å². The van der Waals surface area contributed by atoms with Crippen LogP contribution in [0.4, 0.5) is 11.4 Å². The van der Waals surface area contributed by atoms with Crippen LogP contribution >= 0.6 is 0 Å². The van der Waals surface area contributed by atoms with Gasteiger partial charge in [-0.25, -0.2) is 0 Å². The van der Waals surface area contributed by atoms with E-state index in [4.69, 9.17) is 9.47 Å². The van der Waals surface area contributed by atoms with Crippen molar-refractivity contribution in [1.29, 1.82) is 0 Å². The number of nitro benzene ring substituents is 1. The fourth-order valence-corrected chi connectivity index (χ4v) is 1.83. The van der Waals surface area contributed by atoms with E-state index in [9.17, 15) is 10.1 Å². The van der Waals surface area contributed by atoms with Crippen LogP contribution in [0.2, 0.25) is 0 Å². The number of nitrogens with one attached hydrogen (secondary N) is 1. The van der Waals surface area contributed by atoms with Crippen molar-refractivity contribution in [3.8, 4) is 17.2 Å². The highest BCUT2D eigenvalue weighted by Crippen LogP contribution is 2.34. The van der Waals surface area contributed by atoms with Gasteiger partial charge in [-0.15, -0.1) is 0 Å². The molecule has 2 aromatic carbocycles. The van der Waals surface area contributed by atoms with Gasteiger partial charge in [0.1, 0.15) is 5.75 Å². The molecule has 110 valence electrons. The molecule has 0 atom stereocenters. The highest BCUT2D eigenvalue weighted by atomic mass is 16.6. The minimum atomic E-state index is -0.448. The molecule has 1 N–H and O–H groups in total. The average molecular weight is 288 g/mol. The molecule has 0 aromatic heterocycles. The highest BCUT2D eigenvalue weighted by Gasteiger charge is 2.09. The van der Waals surface area contributed by atoms with Gasteiger partial charge in [-0.1, -0.05) is 0 Å². The van der Waals surface area contributed by atoms with Gasteiger partial charge in [0.15, 0.2) is 11.5 Å². The second kappa shape index (κ2) is 6.60. The van der Waals surface area contributed by atoms with Crippen LogP contribution in [0.25, 0.3) is 0 Å². The molecular weight excluding hydrogens is 272 g/mol. The Labute approximate surface area is 122 Å². The predicted molar refractivity (Wildman–Crippen MR) is 80.3 cm³/mol. The second-order valence-corrected chi connectivity index (χ2v) is 4.25. The van der Waals surface area contributed by atoms with Gasteiger partial charge in [0.05, 0.1) is 12.0 Å². The summed E-state index contributed by atoms with van der Waals surface area (Å²) in [6.07, 6.45) is 0. The fourth-order valence-electron chi connectivity index (χ4n) is 1.83. The number of non-ortho nitro benzene ring substituents is 1. The van der Waals surface area contributed by atoms with Gasteiger partial charge < -0.3 is 14.8 Å². The van der Waals surface area contributed by atoms with Crippen molar-refractivity contribution >= 4 is 11.4 Å². The minimum Gasteiger partial charge on any atom is -0.493 e. The van der Waals surface area contributed by atoms with Gasteiger partial charge in [-0.3, -0.25) is 10.1 Å². The summed E-state index contributed by atoms with van der Waals surface area (Å²) in [5.41, 5.74) is 0.936. The third kappa shape index (κ3) is 3.62. The van der Waals surface area contributed by atoms with Crippen LogP contribution in [-0.4, -0.2) is 18.6 Å². The molecule has 0 bridgehead atoms. The number of hydrogen-bond donors (Lipinski definition) is 1. The summed E-state index contributed by atoms with van der Waals surface area (Å²) in [7, 11) is 1.56. The molecule has 0 amide bonds. The molecule has 0 aliphatic carbocycles. The number of nitrogens with zero attached hydrogens (tertiary/aromatic N) is 1. The summed E-state index contributed by atoms with van der Waals surface area (Å²) >= 11 is 0. The smallest absolute Gasteiger partial charge is 0.269 e. The number of hydrogen-bond acceptors (Lipinski definition) is 5. The Hall–Kier alpha value is -2.76. The molecule has 0 heterocycles. The third-order valence-corrected chi connectivity index (χ3v) is 2.82. The molecule has 0 saturated carbocycles. The highest BCUT2D eigenvalue weighted by molar-refractivity contribution is 5.56. The summed E-state index contributed by atoms with van der Waals surface area (Å²) in [4.78, 5) is 10.2. The Morgan fingerprint density at radius 3 is 2.43 bits per heavy atom. The van der Waals surface area contributed by atoms with E-state index in [1.807, 2.05) is 19.1 Å². The van der Waals surface area contributed by atoms with Crippen molar-refractivity contribution < 1.29 is 14.4 Å². The monoisotopic (exact) mass is 288 g/mol. The van der Waals surface area contributed by atoms with Crippen molar-refractivity contribution in [2.75, 3.05) is 19.0 Å². The Balaban J connectivity index is 2.24. The van der Waals surface area contributed by atoms with Gasteiger partial charge >= 0.3 is 0 Å². The van der Waals surface area contributed by atoms with Crippen molar-refractivity contribution in [3.05, 3.63) is 52.6 Å². The van der Waals surface area contributed by atoms with E-state index in [0.717, 1.165) is 12.2 Å². The predicted octanol–water partition coefficient (Wildman–Crippen LogP) is 3.83. The quantitative estimate of drug-likeness (QED) is 0.646. The first-order valence-electron chi connectivity index (χ1n) is 6.48. The van der Waals surface area contributed by atoms with Crippen molar-refractivity contribution in [3.63, 3.8) is 0 Å². The Morgan fingerprint density at radius 2 is 1.86 bits per heavy atom. The van der Waals surface area contributed by atoms with Crippen LogP contribution in [0.1, 0.15) is 6.92 Å². The maximum Gasteiger partial charge on any atom is 0.269 e. The standard InChI is InChI=1S/C15H16N2O4/c1-3-16-11-4-9-14(20-2)15(10-11)21-13-7-5-12(6-8-13)17(18)19/h4-10,16H,3H2,1-2H3. The van der Waals surface area contributed by atoms with Crippen LogP contribution < -0.4 is 14.8 Å². The first-order chi connectivity index (χ1) is 10.1. The van der Waals surface area contributed by atoms with E-state index >= 15 is 0 Å². The number of nitro groups is 1. The zero-order valence-electron chi connectivity index (χ0n) is 11.8. The van der Waals surface area contributed by atoms with Gasteiger partial charge in [-0.05, 0) is 31.2 Å². The summed E-state index contributed by atoms with van der Waals surface area (Å²) in [5.74, 6) is 1.65. The molecule has 0 aliphatic rings. The molecule has 0 radical (unpaired) electrons. The van der Waals surface area contributed by atoms with E-state index in [-0.39, 0.29) is 5.69 Å². The zero-order valence-corrected chi connectivity index (χ0v) is 11.8. The van der Waals surface area contributed by atoms with Crippen LogP contribution in [0.3, 0.4) is 0 Å². The molecule has 6 nitrogen and oxygen atoms in total. The Morgan fingerprint density at radius 1 is 1.14 bits per heavy atom. The molecule has 2 rings (SSSR count). The van der Waals surface area contributed by atoms with Gasteiger partial charge in [0.25, 0.3) is 5.69 Å². The molecule has 0 fully saturated rings. The Kier molecular flexibility index (Phi) is 4.61. The lowest BCUT2D eigenvalue weighted by atomic mass is 10.2. The first-order valence-corrected chi connectivity index (χ1v) is 6.48. The SMILES string of the molecule is CCNc1ccc(OC)c(Oc2ccc([N+](=O)[O-])cc2)c1. The molecule has 2 aromatic rings. The van der Waals surface area contributed by atoms with Crippen molar-refractivity contribution in [2.24, 2.45) is 0 Å². The topological polar surface area (TPSA) is 73.6 Å². The van der Waals surface area contributed by atoms with Crippen molar-refractivity contribution in [1.82, 2.24) is 0 Å². The summed E-state index contributed by atoms with van der Waals surface area (Å²) in [6, 6.07) is 11.4.